The molecule has 2 nitrogen and oxygen atoms in total. The number of hydrogen-bond acceptors (Lipinski definition) is 2. The fraction of sp³-hybridized carbons (Fsp3) is 0.571. The molecule has 0 amide bonds. The van der Waals surface area contributed by atoms with Crippen LogP contribution in [0.25, 0.3) is 0 Å². The highest BCUT2D eigenvalue weighted by Crippen LogP contribution is 2.27. The second-order valence-corrected chi connectivity index (χ2v) is 4.77. The molecule has 2 rings (SSSR count). The zero-order chi connectivity index (χ0) is 11.4. The van der Waals surface area contributed by atoms with Crippen molar-refractivity contribution in [2.45, 2.75) is 45.4 Å². The van der Waals surface area contributed by atoms with Crippen molar-refractivity contribution < 1.29 is 4.79 Å². The second kappa shape index (κ2) is 5.24. The van der Waals surface area contributed by atoms with Gasteiger partial charge in [0.05, 0.1) is 0 Å². The van der Waals surface area contributed by atoms with E-state index in [4.69, 9.17) is 0 Å². The van der Waals surface area contributed by atoms with Crippen molar-refractivity contribution in [1.29, 1.82) is 0 Å². The number of aryl methyl sites for hydroxylation is 1. The number of aromatic nitrogens is 1. The normalized spacial score (nSPS) is 17.3. The molecule has 0 unspecified atom stereocenters. The van der Waals surface area contributed by atoms with Gasteiger partial charge in [-0.3, -0.25) is 9.78 Å². The highest BCUT2D eigenvalue weighted by atomic mass is 16.1. The van der Waals surface area contributed by atoms with Crippen LogP contribution < -0.4 is 0 Å². The summed E-state index contributed by atoms with van der Waals surface area (Å²) in [4.78, 5) is 16.3. The molecule has 0 aliphatic heterocycles. The van der Waals surface area contributed by atoms with Crippen LogP contribution in [0.4, 0.5) is 0 Å². The second-order valence-electron chi connectivity index (χ2n) is 4.77. The predicted octanol–water partition coefficient (Wildman–Crippen LogP) is 3.54. The SMILES string of the molecule is Cc1ncccc1C(=O)CC1CCCCC1. The maximum absolute atomic E-state index is 12.1. The zero-order valence-corrected chi connectivity index (χ0v) is 9.91. The molecule has 86 valence electrons. The van der Waals surface area contributed by atoms with Crippen LogP contribution in [0, 0.1) is 12.8 Å². The zero-order valence-electron chi connectivity index (χ0n) is 9.91. The first-order valence-electron chi connectivity index (χ1n) is 6.22. The molecule has 1 saturated carbocycles. The molecule has 2 heteroatoms. The minimum atomic E-state index is 0.275. The topological polar surface area (TPSA) is 30.0 Å². The third-order valence-electron chi connectivity index (χ3n) is 3.51. The lowest BCUT2D eigenvalue weighted by atomic mass is 9.84. The van der Waals surface area contributed by atoms with E-state index >= 15 is 0 Å². The summed E-state index contributed by atoms with van der Waals surface area (Å²) in [6, 6.07) is 3.74. The number of Topliss-reactive ketones (excluding diaryl/α,β-unsaturated/α-hetero) is 1. The molecule has 0 radical (unpaired) electrons. The van der Waals surface area contributed by atoms with Gasteiger partial charge in [0.15, 0.2) is 5.78 Å². The Balaban J connectivity index is 2.00. The average molecular weight is 217 g/mol. The molecular formula is C14H19NO. The summed E-state index contributed by atoms with van der Waals surface area (Å²) < 4.78 is 0. The van der Waals surface area contributed by atoms with Gasteiger partial charge in [0, 0.05) is 23.9 Å². The summed E-state index contributed by atoms with van der Waals surface area (Å²) in [5, 5.41) is 0. The van der Waals surface area contributed by atoms with Crippen molar-refractivity contribution in [2.75, 3.05) is 0 Å². The Bertz CT molecular complexity index is 367. The van der Waals surface area contributed by atoms with Gasteiger partial charge in [-0.2, -0.15) is 0 Å². The minimum absolute atomic E-state index is 0.275. The van der Waals surface area contributed by atoms with Gasteiger partial charge < -0.3 is 0 Å². The van der Waals surface area contributed by atoms with Gasteiger partial charge in [-0.1, -0.05) is 32.1 Å². The van der Waals surface area contributed by atoms with Crippen molar-refractivity contribution in [2.24, 2.45) is 5.92 Å². The Morgan fingerprint density at radius 3 is 2.81 bits per heavy atom. The first-order chi connectivity index (χ1) is 7.77. The number of nitrogens with zero attached hydrogens (tertiary/aromatic N) is 1. The molecule has 1 aliphatic carbocycles. The lowest BCUT2D eigenvalue weighted by molar-refractivity contribution is 0.0949. The number of carbonyl (C=O) groups excluding carboxylic acids is 1. The molecule has 0 aromatic carbocycles. The summed E-state index contributed by atoms with van der Waals surface area (Å²) in [6.07, 6.45) is 8.85. The van der Waals surface area contributed by atoms with E-state index in [9.17, 15) is 4.79 Å². The van der Waals surface area contributed by atoms with E-state index in [1.54, 1.807) is 6.20 Å². The monoisotopic (exact) mass is 217 g/mol. The van der Waals surface area contributed by atoms with E-state index in [0.717, 1.165) is 11.3 Å². The largest absolute Gasteiger partial charge is 0.294 e. The first kappa shape index (κ1) is 11.3. The number of ketones is 1. The van der Waals surface area contributed by atoms with Crippen LogP contribution >= 0.6 is 0 Å². The van der Waals surface area contributed by atoms with Crippen LogP contribution in [0.1, 0.15) is 54.6 Å². The van der Waals surface area contributed by atoms with E-state index in [1.807, 2.05) is 19.1 Å². The van der Waals surface area contributed by atoms with Gasteiger partial charge in [-0.15, -0.1) is 0 Å². The Morgan fingerprint density at radius 2 is 2.12 bits per heavy atom. The molecule has 0 spiro atoms. The Morgan fingerprint density at radius 1 is 1.38 bits per heavy atom. The molecule has 1 aliphatic rings. The molecule has 1 aromatic rings. The maximum Gasteiger partial charge on any atom is 0.164 e. The molecule has 0 N–H and O–H groups in total. The van der Waals surface area contributed by atoms with E-state index in [0.29, 0.717) is 12.3 Å². The van der Waals surface area contributed by atoms with Crippen LogP contribution in [0.15, 0.2) is 18.3 Å². The molecule has 0 atom stereocenters. The predicted molar refractivity (Wildman–Crippen MR) is 64.5 cm³/mol. The Kier molecular flexibility index (Phi) is 3.70. The van der Waals surface area contributed by atoms with Gasteiger partial charge in [0.1, 0.15) is 0 Å². The molecule has 1 aromatic heterocycles. The number of rotatable bonds is 3. The van der Waals surface area contributed by atoms with Gasteiger partial charge in [0.25, 0.3) is 0 Å². The van der Waals surface area contributed by atoms with Gasteiger partial charge in [-0.25, -0.2) is 0 Å². The lowest BCUT2D eigenvalue weighted by Crippen LogP contribution is -2.13. The van der Waals surface area contributed by atoms with Crippen molar-refractivity contribution in [3.8, 4) is 0 Å². The van der Waals surface area contributed by atoms with Crippen molar-refractivity contribution in [1.82, 2.24) is 4.98 Å². The summed E-state index contributed by atoms with van der Waals surface area (Å²) in [6.45, 7) is 1.91. The maximum atomic E-state index is 12.1. The van der Waals surface area contributed by atoms with Crippen molar-refractivity contribution >= 4 is 5.78 Å². The number of pyridine rings is 1. The standard InChI is InChI=1S/C14H19NO/c1-11-13(8-5-9-15-11)14(16)10-12-6-3-2-4-7-12/h5,8-9,12H,2-4,6-7,10H2,1H3. The summed E-state index contributed by atoms with van der Waals surface area (Å²) in [5.41, 5.74) is 1.68. The molecular weight excluding hydrogens is 198 g/mol. The Labute approximate surface area is 97.1 Å². The van der Waals surface area contributed by atoms with Crippen LogP contribution in [-0.4, -0.2) is 10.8 Å². The molecule has 0 bridgehead atoms. The highest BCUT2D eigenvalue weighted by molar-refractivity contribution is 5.97. The highest BCUT2D eigenvalue weighted by Gasteiger charge is 2.18. The molecule has 1 fully saturated rings. The first-order valence-corrected chi connectivity index (χ1v) is 6.22. The molecule has 1 heterocycles. The lowest BCUT2D eigenvalue weighted by Gasteiger charge is -2.20. The van der Waals surface area contributed by atoms with Gasteiger partial charge >= 0.3 is 0 Å². The fourth-order valence-electron chi connectivity index (χ4n) is 2.54. The summed E-state index contributed by atoms with van der Waals surface area (Å²) in [7, 11) is 0. The fourth-order valence-corrected chi connectivity index (χ4v) is 2.54. The van der Waals surface area contributed by atoms with Crippen LogP contribution in [0.3, 0.4) is 0 Å². The van der Waals surface area contributed by atoms with Crippen LogP contribution in [-0.2, 0) is 0 Å². The number of hydrogen-bond donors (Lipinski definition) is 0. The van der Waals surface area contributed by atoms with Crippen LogP contribution in [0.5, 0.6) is 0 Å². The van der Waals surface area contributed by atoms with Crippen molar-refractivity contribution in [3.05, 3.63) is 29.6 Å². The van der Waals surface area contributed by atoms with E-state index in [1.165, 1.54) is 32.1 Å². The molecule has 16 heavy (non-hydrogen) atoms. The minimum Gasteiger partial charge on any atom is -0.294 e. The van der Waals surface area contributed by atoms with Gasteiger partial charge in [0.2, 0.25) is 0 Å². The van der Waals surface area contributed by atoms with E-state index in [-0.39, 0.29) is 5.78 Å². The smallest absolute Gasteiger partial charge is 0.164 e. The van der Waals surface area contributed by atoms with E-state index in [2.05, 4.69) is 4.98 Å². The Hall–Kier alpha value is -1.18. The quantitative estimate of drug-likeness (QED) is 0.725. The van der Waals surface area contributed by atoms with Gasteiger partial charge in [-0.05, 0) is 25.0 Å². The average Bonchev–Trinajstić information content (AvgIpc) is 2.31. The summed E-state index contributed by atoms with van der Waals surface area (Å²) >= 11 is 0. The third kappa shape index (κ3) is 2.69. The van der Waals surface area contributed by atoms with E-state index < -0.39 is 0 Å². The summed E-state index contributed by atoms with van der Waals surface area (Å²) in [5.74, 6) is 0.887. The number of carbonyl (C=O) groups is 1. The molecule has 0 saturated heterocycles. The van der Waals surface area contributed by atoms with Crippen LogP contribution in [0.2, 0.25) is 0 Å². The van der Waals surface area contributed by atoms with Crippen molar-refractivity contribution in [3.63, 3.8) is 0 Å². The third-order valence-corrected chi connectivity index (χ3v) is 3.51.